The Bertz CT molecular complexity index is 527. The van der Waals surface area contributed by atoms with Crippen LogP contribution in [0.15, 0.2) is 18.2 Å². The van der Waals surface area contributed by atoms with E-state index in [1.54, 1.807) is 0 Å². The highest BCUT2D eigenvalue weighted by atomic mass is 16.2. The fourth-order valence-electron chi connectivity index (χ4n) is 3.33. The lowest BCUT2D eigenvalue weighted by molar-refractivity contribution is -0.127. The van der Waals surface area contributed by atoms with E-state index in [2.05, 4.69) is 5.32 Å². The van der Waals surface area contributed by atoms with Gasteiger partial charge in [-0.3, -0.25) is 14.9 Å². The second-order valence-corrected chi connectivity index (χ2v) is 5.48. The Morgan fingerprint density at radius 1 is 1.11 bits per heavy atom. The Balaban J connectivity index is 2.19. The first-order valence-corrected chi connectivity index (χ1v) is 6.60. The van der Waals surface area contributed by atoms with Crippen molar-refractivity contribution in [1.29, 1.82) is 0 Å². The van der Waals surface area contributed by atoms with Gasteiger partial charge in [0.15, 0.2) is 0 Å². The number of imide groups is 1. The van der Waals surface area contributed by atoms with Crippen molar-refractivity contribution in [1.82, 2.24) is 5.32 Å². The maximum Gasteiger partial charge on any atom is 0.258 e. The first kappa shape index (κ1) is 11.5. The molecule has 1 N–H and O–H groups in total. The van der Waals surface area contributed by atoms with Crippen LogP contribution < -0.4 is 5.32 Å². The molecule has 0 aromatic heterocycles. The predicted octanol–water partition coefficient (Wildman–Crippen LogP) is 2.47. The molecule has 0 saturated heterocycles. The normalized spacial score (nSPS) is 21.6. The third-order valence-electron chi connectivity index (χ3n) is 4.30. The van der Waals surface area contributed by atoms with Crippen LogP contribution in [0, 0.1) is 6.92 Å². The number of aryl methyl sites for hydroxylation is 1. The van der Waals surface area contributed by atoms with Gasteiger partial charge in [0.05, 0.1) is 5.41 Å². The first-order chi connectivity index (χ1) is 8.63. The molecule has 0 bridgehead atoms. The van der Waals surface area contributed by atoms with Gasteiger partial charge in [0.25, 0.3) is 5.91 Å². The molecule has 0 radical (unpaired) electrons. The lowest BCUT2D eigenvalue weighted by Crippen LogP contribution is -2.52. The van der Waals surface area contributed by atoms with Crippen LogP contribution in [0.1, 0.15) is 53.6 Å². The van der Waals surface area contributed by atoms with Gasteiger partial charge in [0.2, 0.25) is 5.91 Å². The third kappa shape index (κ3) is 1.50. The van der Waals surface area contributed by atoms with Crippen LogP contribution in [0.3, 0.4) is 0 Å². The number of amides is 2. The van der Waals surface area contributed by atoms with E-state index in [-0.39, 0.29) is 11.8 Å². The van der Waals surface area contributed by atoms with Crippen molar-refractivity contribution in [3.63, 3.8) is 0 Å². The van der Waals surface area contributed by atoms with Crippen LogP contribution in [-0.2, 0) is 10.2 Å². The van der Waals surface area contributed by atoms with E-state index in [1.165, 1.54) is 6.42 Å². The zero-order valence-corrected chi connectivity index (χ0v) is 10.6. The molecule has 18 heavy (non-hydrogen) atoms. The van der Waals surface area contributed by atoms with Crippen LogP contribution >= 0.6 is 0 Å². The van der Waals surface area contributed by atoms with E-state index in [1.807, 2.05) is 25.1 Å². The Kier molecular flexibility index (Phi) is 2.51. The van der Waals surface area contributed by atoms with Crippen molar-refractivity contribution in [2.45, 2.75) is 44.4 Å². The van der Waals surface area contributed by atoms with E-state index in [9.17, 15) is 9.59 Å². The molecule has 94 valence electrons. The second-order valence-electron chi connectivity index (χ2n) is 5.48. The molecule has 0 atom stereocenters. The molecular weight excluding hydrogens is 226 g/mol. The molecule has 1 heterocycles. The van der Waals surface area contributed by atoms with E-state index in [0.717, 1.165) is 36.8 Å². The number of nitrogens with one attached hydrogen (secondary N) is 1. The Labute approximate surface area is 107 Å². The van der Waals surface area contributed by atoms with Crippen molar-refractivity contribution in [3.8, 4) is 0 Å². The van der Waals surface area contributed by atoms with Crippen molar-refractivity contribution in [2.75, 3.05) is 0 Å². The molecule has 3 rings (SSSR count). The number of carbonyl (C=O) groups excluding carboxylic acids is 2. The number of benzene rings is 1. The quantitative estimate of drug-likeness (QED) is 0.711. The van der Waals surface area contributed by atoms with Crippen LogP contribution in [0.2, 0.25) is 0 Å². The van der Waals surface area contributed by atoms with Crippen molar-refractivity contribution in [2.24, 2.45) is 0 Å². The fourth-order valence-corrected chi connectivity index (χ4v) is 3.33. The summed E-state index contributed by atoms with van der Waals surface area (Å²) in [5.41, 5.74) is 2.25. The van der Waals surface area contributed by atoms with Gasteiger partial charge in [0.1, 0.15) is 0 Å². The largest absolute Gasteiger partial charge is 0.292 e. The van der Waals surface area contributed by atoms with Crippen LogP contribution in [0.5, 0.6) is 0 Å². The molecule has 1 spiro atoms. The molecule has 2 aliphatic rings. The fraction of sp³-hybridized carbons (Fsp3) is 0.467. The van der Waals surface area contributed by atoms with Gasteiger partial charge in [-0.2, -0.15) is 0 Å². The molecule has 1 aliphatic carbocycles. The van der Waals surface area contributed by atoms with E-state index >= 15 is 0 Å². The lowest BCUT2D eigenvalue weighted by Gasteiger charge is -2.40. The average molecular weight is 243 g/mol. The number of hydrogen-bond donors (Lipinski definition) is 1. The summed E-state index contributed by atoms with van der Waals surface area (Å²) in [6.07, 6.45) is 5.04. The van der Waals surface area contributed by atoms with Gasteiger partial charge in [-0.25, -0.2) is 0 Å². The summed E-state index contributed by atoms with van der Waals surface area (Å²) < 4.78 is 0. The molecule has 3 nitrogen and oxygen atoms in total. The summed E-state index contributed by atoms with van der Waals surface area (Å²) >= 11 is 0. The smallest absolute Gasteiger partial charge is 0.258 e. The van der Waals surface area contributed by atoms with Gasteiger partial charge in [-0.05, 0) is 31.4 Å². The second kappa shape index (κ2) is 3.94. The molecule has 1 fully saturated rings. The number of rotatable bonds is 0. The summed E-state index contributed by atoms with van der Waals surface area (Å²) in [6, 6.07) is 5.88. The summed E-state index contributed by atoms with van der Waals surface area (Å²) in [5, 5.41) is 2.55. The Hall–Kier alpha value is -1.64. The van der Waals surface area contributed by atoms with E-state index in [0.29, 0.717) is 5.56 Å². The van der Waals surface area contributed by atoms with Crippen molar-refractivity contribution in [3.05, 3.63) is 34.9 Å². The highest BCUT2D eigenvalue weighted by molar-refractivity contribution is 6.13. The average Bonchev–Trinajstić information content (AvgIpc) is 2.38. The van der Waals surface area contributed by atoms with Gasteiger partial charge in [-0.15, -0.1) is 0 Å². The van der Waals surface area contributed by atoms with Gasteiger partial charge in [-0.1, -0.05) is 37.0 Å². The molecule has 1 aromatic carbocycles. The number of carbonyl (C=O) groups is 2. The highest BCUT2D eigenvalue weighted by Crippen LogP contribution is 2.43. The zero-order valence-electron chi connectivity index (χ0n) is 10.6. The zero-order chi connectivity index (χ0) is 12.8. The minimum atomic E-state index is -0.449. The lowest BCUT2D eigenvalue weighted by atomic mass is 9.66. The summed E-state index contributed by atoms with van der Waals surface area (Å²) in [6.45, 7) is 1.97. The first-order valence-electron chi connectivity index (χ1n) is 6.60. The molecule has 2 amide bonds. The minimum absolute atomic E-state index is 0.0939. The maximum absolute atomic E-state index is 12.3. The Morgan fingerprint density at radius 2 is 1.83 bits per heavy atom. The molecule has 1 aromatic rings. The van der Waals surface area contributed by atoms with Crippen molar-refractivity contribution < 1.29 is 9.59 Å². The van der Waals surface area contributed by atoms with Gasteiger partial charge < -0.3 is 0 Å². The van der Waals surface area contributed by atoms with Gasteiger partial charge >= 0.3 is 0 Å². The van der Waals surface area contributed by atoms with E-state index < -0.39 is 5.41 Å². The summed E-state index contributed by atoms with van der Waals surface area (Å²) in [7, 11) is 0. The Morgan fingerprint density at radius 3 is 2.56 bits per heavy atom. The minimum Gasteiger partial charge on any atom is -0.292 e. The van der Waals surface area contributed by atoms with E-state index in [4.69, 9.17) is 0 Å². The SMILES string of the molecule is Cc1ccc2c(c1)C(=O)NC(=O)C21CCCCC1. The monoisotopic (exact) mass is 243 g/mol. The van der Waals surface area contributed by atoms with Gasteiger partial charge in [0, 0.05) is 5.56 Å². The molecule has 1 saturated carbocycles. The van der Waals surface area contributed by atoms with Crippen molar-refractivity contribution >= 4 is 11.8 Å². The molecule has 0 unspecified atom stereocenters. The number of hydrogen-bond acceptors (Lipinski definition) is 2. The van der Waals surface area contributed by atoms with Crippen LogP contribution in [0.4, 0.5) is 0 Å². The van der Waals surface area contributed by atoms with Crippen LogP contribution in [0.25, 0.3) is 0 Å². The predicted molar refractivity (Wildman–Crippen MR) is 68.4 cm³/mol. The topological polar surface area (TPSA) is 46.2 Å². The molecule has 3 heteroatoms. The summed E-state index contributed by atoms with van der Waals surface area (Å²) in [4.78, 5) is 24.2. The standard InChI is InChI=1S/C15H17NO2/c1-10-5-6-12-11(9-10)13(17)16-14(18)15(12)7-3-2-4-8-15/h5-6,9H,2-4,7-8H2,1H3,(H,16,17,18). The molecule has 1 aliphatic heterocycles. The summed E-state index contributed by atoms with van der Waals surface area (Å²) in [5.74, 6) is -0.335. The molecular formula is C15H17NO2. The maximum atomic E-state index is 12.3. The highest BCUT2D eigenvalue weighted by Gasteiger charge is 2.46. The number of fused-ring (bicyclic) bond motifs is 2. The van der Waals surface area contributed by atoms with Crippen LogP contribution in [-0.4, -0.2) is 11.8 Å². The third-order valence-corrected chi connectivity index (χ3v) is 4.30.